The van der Waals surface area contributed by atoms with Crippen molar-refractivity contribution in [2.45, 2.75) is 51.4 Å². The van der Waals surface area contributed by atoms with Gasteiger partial charge in [-0.25, -0.2) is 4.79 Å². The average Bonchev–Trinajstić information content (AvgIpc) is 2.48. The summed E-state index contributed by atoms with van der Waals surface area (Å²) in [6.45, 7) is 6.38. The van der Waals surface area contributed by atoms with Gasteiger partial charge in [0, 0.05) is 19.0 Å². The Labute approximate surface area is 137 Å². The summed E-state index contributed by atoms with van der Waals surface area (Å²) in [4.78, 5) is 13.8. The number of piperidine rings is 1. The Bertz CT molecular complexity index is 512. The van der Waals surface area contributed by atoms with Crippen molar-refractivity contribution < 1.29 is 19.7 Å². The fourth-order valence-corrected chi connectivity index (χ4v) is 2.84. The van der Waals surface area contributed by atoms with E-state index in [1.807, 2.05) is 51.1 Å². The quantitative estimate of drug-likeness (QED) is 0.898. The lowest BCUT2D eigenvalue weighted by Gasteiger charge is -2.37. The second kappa shape index (κ2) is 7.32. The number of amides is 1. The molecule has 0 bridgehead atoms. The number of likely N-dealkylation sites (tertiary alicyclic amines) is 1. The Morgan fingerprint density at radius 3 is 2.61 bits per heavy atom. The van der Waals surface area contributed by atoms with E-state index in [0.29, 0.717) is 25.9 Å². The zero-order valence-corrected chi connectivity index (χ0v) is 14.1. The molecule has 0 spiro atoms. The maximum atomic E-state index is 12.2. The van der Waals surface area contributed by atoms with Crippen molar-refractivity contribution in [2.24, 2.45) is 5.92 Å². The van der Waals surface area contributed by atoms with Crippen molar-refractivity contribution in [2.75, 3.05) is 13.1 Å². The molecule has 0 radical (unpaired) electrons. The van der Waals surface area contributed by atoms with Gasteiger partial charge in [0.05, 0.1) is 12.2 Å². The topological polar surface area (TPSA) is 70.0 Å². The van der Waals surface area contributed by atoms with Gasteiger partial charge in [0.15, 0.2) is 0 Å². The molecule has 1 aliphatic heterocycles. The maximum Gasteiger partial charge on any atom is 0.410 e. The van der Waals surface area contributed by atoms with Crippen molar-refractivity contribution >= 4 is 6.09 Å². The summed E-state index contributed by atoms with van der Waals surface area (Å²) in [6, 6.07) is 9.39. The van der Waals surface area contributed by atoms with E-state index in [0.717, 1.165) is 5.56 Å². The van der Waals surface area contributed by atoms with E-state index < -0.39 is 17.8 Å². The molecule has 1 amide bonds. The standard InChI is InChI=1S/C18H27NO4/c1-18(2,3)23-17(22)19-10-9-15(20)14(12-19)11-16(21)13-7-5-4-6-8-13/h4-8,14-16,20-21H,9-12H2,1-3H3. The van der Waals surface area contributed by atoms with E-state index in [-0.39, 0.29) is 12.0 Å². The van der Waals surface area contributed by atoms with Crippen LogP contribution in [0, 0.1) is 5.92 Å². The lowest BCUT2D eigenvalue weighted by Crippen LogP contribution is -2.48. The molecule has 2 N–H and O–H groups in total. The van der Waals surface area contributed by atoms with E-state index in [1.54, 1.807) is 4.90 Å². The van der Waals surface area contributed by atoms with Crippen LogP contribution in [0.2, 0.25) is 0 Å². The highest BCUT2D eigenvalue weighted by molar-refractivity contribution is 5.68. The number of aliphatic hydroxyl groups is 2. The molecule has 5 heteroatoms. The maximum absolute atomic E-state index is 12.2. The normalized spacial score (nSPS) is 23.4. The third kappa shape index (κ3) is 5.22. The van der Waals surface area contributed by atoms with Gasteiger partial charge in [0.2, 0.25) is 0 Å². The van der Waals surface area contributed by atoms with Crippen LogP contribution in [-0.2, 0) is 4.74 Å². The molecule has 1 aromatic carbocycles. The first-order chi connectivity index (χ1) is 10.8. The van der Waals surface area contributed by atoms with Gasteiger partial charge in [-0.2, -0.15) is 0 Å². The van der Waals surface area contributed by atoms with Gasteiger partial charge in [0.25, 0.3) is 0 Å². The Hall–Kier alpha value is -1.59. The summed E-state index contributed by atoms with van der Waals surface area (Å²) in [7, 11) is 0. The fraction of sp³-hybridized carbons (Fsp3) is 0.611. The van der Waals surface area contributed by atoms with Crippen LogP contribution < -0.4 is 0 Å². The molecule has 1 aliphatic rings. The number of nitrogens with zero attached hydrogens (tertiary/aromatic N) is 1. The van der Waals surface area contributed by atoms with Crippen molar-refractivity contribution in [3.63, 3.8) is 0 Å². The SMILES string of the molecule is CC(C)(C)OC(=O)N1CCC(O)C(CC(O)c2ccccc2)C1. The molecule has 1 fully saturated rings. The minimum Gasteiger partial charge on any atom is -0.444 e. The van der Waals surface area contributed by atoms with Crippen LogP contribution in [0.1, 0.15) is 45.3 Å². The van der Waals surface area contributed by atoms with Gasteiger partial charge in [-0.1, -0.05) is 30.3 Å². The third-order valence-corrected chi connectivity index (χ3v) is 4.06. The van der Waals surface area contributed by atoms with E-state index in [4.69, 9.17) is 4.74 Å². The Morgan fingerprint density at radius 2 is 2.00 bits per heavy atom. The summed E-state index contributed by atoms with van der Waals surface area (Å²) in [6.07, 6.45) is -0.583. The molecule has 3 atom stereocenters. The van der Waals surface area contributed by atoms with Gasteiger partial charge in [-0.3, -0.25) is 0 Å². The van der Waals surface area contributed by atoms with Crippen LogP contribution in [0.3, 0.4) is 0 Å². The van der Waals surface area contributed by atoms with Crippen LogP contribution >= 0.6 is 0 Å². The van der Waals surface area contributed by atoms with Crippen LogP contribution in [0.4, 0.5) is 4.79 Å². The molecule has 3 unspecified atom stereocenters. The Morgan fingerprint density at radius 1 is 1.35 bits per heavy atom. The van der Waals surface area contributed by atoms with Gasteiger partial charge in [-0.15, -0.1) is 0 Å². The number of benzene rings is 1. The predicted molar refractivity (Wildman–Crippen MR) is 87.9 cm³/mol. The zero-order chi connectivity index (χ0) is 17.0. The largest absolute Gasteiger partial charge is 0.444 e. The Balaban J connectivity index is 1.97. The van der Waals surface area contributed by atoms with Crippen molar-refractivity contribution in [1.29, 1.82) is 0 Å². The summed E-state index contributed by atoms with van der Waals surface area (Å²) in [5.41, 5.74) is 0.292. The van der Waals surface area contributed by atoms with Gasteiger partial charge < -0.3 is 19.8 Å². The van der Waals surface area contributed by atoms with E-state index >= 15 is 0 Å². The number of hydrogen-bond acceptors (Lipinski definition) is 4. The molecule has 1 heterocycles. The summed E-state index contributed by atoms with van der Waals surface area (Å²) >= 11 is 0. The monoisotopic (exact) mass is 321 g/mol. The lowest BCUT2D eigenvalue weighted by molar-refractivity contribution is -0.0200. The van der Waals surface area contributed by atoms with E-state index in [1.165, 1.54) is 0 Å². The highest BCUT2D eigenvalue weighted by atomic mass is 16.6. The first kappa shape index (κ1) is 17.8. The van der Waals surface area contributed by atoms with Gasteiger partial charge >= 0.3 is 6.09 Å². The van der Waals surface area contributed by atoms with Gasteiger partial charge in [0.1, 0.15) is 5.60 Å². The summed E-state index contributed by atoms with van der Waals surface area (Å²) < 4.78 is 5.39. The third-order valence-electron chi connectivity index (χ3n) is 4.06. The number of aliphatic hydroxyl groups excluding tert-OH is 2. The minimum absolute atomic E-state index is 0.161. The molecule has 0 saturated carbocycles. The van der Waals surface area contributed by atoms with E-state index in [2.05, 4.69) is 0 Å². The fourth-order valence-electron chi connectivity index (χ4n) is 2.84. The minimum atomic E-state index is -0.644. The second-order valence-corrected chi connectivity index (χ2v) is 7.20. The molecule has 0 aromatic heterocycles. The van der Waals surface area contributed by atoms with Crippen LogP contribution in [-0.4, -0.2) is 46.0 Å². The molecular weight excluding hydrogens is 294 g/mol. The molecule has 2 rings (SSSR count). The first-order valence-electron chi connectivity index (χ1n) is 8.15. The van der Waals surface area contributed by atoms with E-state index in [9.17, 15) is 15.0 Å². The zero-order valence-electron chi connectivity index (χ0n) is 14.1. The molecule has 0 aliphatic carbocycles. The van der Waals surface area contributed by atoms with Gasteiger partial charge in [-0.05, 0) is 39.2 Å². The Kier molecular flexibility index (Phi) is 5.65. The molecule has 23 heavy (non-hydrogen) atoms. The van der Waals surface area contributed by atoms with Crippen LogP contribution in [0.25, 0.3) is 0 Å². The highest BCUT2D eigenvalue weighted by Gasteiger charge is 2.33. The molecule has 1 aromatic rings. The van der Waals surface area contributed by atoms with Crippen molar-refractivity contribution in [3.05, 3.63) is 35.9 Å². The summed E-state index contributed by atoms with van der Waals surface area (Å²) in [5, 5.41) is 20.6. The first-order valence-corrected chi connectivity index (χ1v) is 8.15. The number of hydrogen-bond donors (Lipinski definition) is 2. The highest BCUT2D eigenvalue weighted by Crippen LogP contribution is 2.28. The van der Waals surface area contributed by atoms with Crippen LogP contribution in [0.5, 0.6) is 0 Å². The number of ether oxygens (including phenoxy) is 1. The lowest BCUT2D eigenvalue weighted by atomic mass is 9.88. The molecule has 128 valence electrons. The molecular formula is C18H27NO4. The van der Waals surface area contributed by atoms with Crippen molar-refractivity contribution in [1.82, 2.24) is 4.90 Å². The van der Waals surface area contributed by atoms with Crippen LogP contribution in [0.15, 0.2) is 30.3 Å². The molecule has 5 nitrogen and oxygen atoms in total. The average molecular weight is 321 g/mol. The smallest absolute Gasteiger partial charge is 0.410 e. The number of carbonyl (C=O) groups excluding carboxylic acids is 1. The molecule has 1 saturated heterocycles. The van der Waals surface area contributed by atoms with Crippen molar-refractivity contribution in [3.8, 4) is 0 Å². The number of rotatable bonds is 3. The summed E-state index contributed by atoms with van der Waals surface area (Å²) in [5.74, 6) is -0.161. The second-order valence-electron chi connectivity index (χ2n) is 7.20. The number of carbonyl (C=O) groups is 1. The predicted octanol–water partition coefficient (Wildman–Crippen LogP) is 2.73.